The van der Waals surface area contributed by atoms with Crippen molar-refractivity contribution < 1.29 is 5.11 Å². The number of fused-ring (bicyclic) bond motifs is 1. The molecule has 0 fully saturated rings. The van der Waals surface area contributed by atoms with E-state index in [1.54, 1.807) is 4.52 Å². The minimum absolute atomic E-state index is 0.0163. The highest BCUT2D eigenvalue weighted by Gasteiger charge is 2.14. The molecule has 86 valence electrons. The van der Waals surface area contributed by atoms with Crippen LogP contribution < -0.4 is 5.32 Å². The van der Waals surface area contributed by atoms with E-state index in [-0.39, 0.29) is 12.6 Å². The molecule has 5 heteroatoms. The molecule has 0 aromatic carbocycles. The second kappa shape index (κ2) is 4.49. The number of anilines is 1. The Morgan fingerprint density at radius 3 is 2.88 bits per heavy atom. The number of hydrogen-bond acceptors (Lipinski definition) is 4. The second-order valence-corrected chi connectivity index (χ2v) is 4.12. The second-order valence-electron chi connectivity index (χ2n) is 4.12. The molecule has 0 aliphatic rings. The van der Waals surface area contributed by atoms with Gasteiger partial charge in [0.15, 0.2) is 5.65 Å². The van der Waals surface area contributed by atoms with E-state index in [1.165, 1.54) is 0 Å². The normalized spacial score (nSPS) is 13.2. The third-order valence-corrected chi connectivity index (χ3v) is 2.56. The largest absolute Gasteiger partial charge is 0.394 e. The fraction of sp³-hybridized carbons (Fsp3) is 0.455. The minimum atomic E-state index is -0.0163. The van der Waals surface area contributed by atoms with Gasteiger partial charge in [0.2, 0.25) is 5.95 Å². The number of rotatable bonds is 4. The first-order chi connectivity index (χ1) is 7.70. The van der Waals surface area contributed by atoms with Gasteiger partial charge in [-0.25, -0.2) is 4.52 Å². The molecule has 0 spiro atoms. The van der Waals surface area contributed by atoms with Gasteiger partial charge < -0.3 is 10.4 Å². The van der Waals surface area contributed by atoms with Crippen LogP contribution in [0.1, 0.15) is 13.8 Å². The zero-order valence-electron chi connectivity index (χ0n) is 9.46. The summed E-state index contributed by atoms with van der Waals surface area (Å²) >= 11 is 0. The highest BCUT2D eigenvalue weighted by molar-refractivity contribution is 5.43. The summed E-state index contributed by atoms with van der Waals surface area (Å²) in [6.45, 7) is 4.17. The molecule has 2 rings (SSSR count). The van der Waals surface area contributed by atoms with Gasteiger partial charge in [0, 0.05) is 6.20 Å². The van der Waals surface area contributed by atoms with Gasteiger partial charge in [0.25, 0.3) is 0 Å². The summed E-state index contributed by atoms with van der Waals surface area (Å²) in [5.41, 5.74) is 0.797. The van der Waals surface area contributed by atoms with Crippen molar-refractivity contribution in [3.63, 3.8) is 0 Å². The Bertz CT molecular complexity index is 433. The molecule has 2 heterocycles. The van der Waals surface area contributed by atoms with Crippen LogP contribution in [0, 0.1) is 5.92 Å². The fourth-order valence-electron chi connectivity index (χ4n) is 1.48. The maximum absolute atomic E-state index is 9.21. The van der Waals surface area contributed by atoms with Crippen LogP contribution in [0.5, 0.6) is 0 Å². The summed E-state index contributed by atoms with van der Waals surface area (Å²) in [5.74, 6) is 0.885. The lowest BCUT2D eigenvalue weighted by Crippen LogP contribution is -2.29. The van der Waals surface area contributed by atoms with Crippen LogP contribution in [0.2, 0.25) is 0 Å². The Kier molecular flexibility index (Phi) is 3.05. The first kappa shape index (κ1) is 10.9. The van der Waals surface area contributed by atoms with E-state index in [1.807, 2.05) is 38.2 Å². The number of nitrogens with zero attached hydrogens (tertiary/aromatic N) is 3. The van der Waals surface area contributed by atoms with Crippen LogP contribution in [0.4, 0.5) is 5.95 Å². The molecule has 1 unspecified atom stereocenters. The Labute approximate surface area is 94.1 Å². The van der Waals surface area contributed by atoms with Gasteiger partial charge in [-0.2, -0.15) is 4.98 Å². The van der Waals surface area contributed by atoms with E-state index in [4.69, 9.17) is 0 Å². The molecular formula is C11H16N4O. The Hall–Kier alpha value is -1.62. The van der Waals surface area contributed by atoms with Gasteiger partial charge in [-0.3, -0.25) is 0 Å². The summed E-state index contributed by atoms with van der Waals surface area (Å²) < 4.78 is 1.71. The average molecular weight is 220 g/mol. The van der Waals surface area contributed by atoms with E-state index in [9.17, 15) is 5.11 Å². The highest BCUT2D eigenvalue weighted by Crippen LogP contribution is 2.09. The van der Waals surface area contributed by atoms with E-state index in [2.05, 4.69) is 15.4 Å². The fourth-order valence-corrected chi connectivity index (χ4v) is 1.48. The molecule has 0 saturated carbocycles. The van der Waals surface area contributed by atoms with Crippen molar-refractivity contribution in [2.24, 2.45) is 5.92 Å². The summed E-state index contributed by atoms with van der Waals surface area (Å²) in [6.07, 6.45) is 1.84. The van der Waals surface area contributed by atoms with Crippen molar-refractivity contribution in [1.29, 1.82) is 0 Å². The van der Waals surface area contributed by atoms with Crippen molar-refractivity contribution >= 4 is 11.6 Å². The number of aromatic nitrogens is 3. The third-order valence-electron chi connectivity index (χ3n) is 2.56. The van der Waals surface area contributed by atoms with Crippen molar-refractivity contribution in [1.82, 2.24) is 14.6 Å². The standard InChI is InChI=1S/C11H16N4O/c1-8(2)9(7-16)12-11-13-10-5-3-4-6-15(10)14-11/h3-6,8-9,16H,7H2,1-2H3,(H,12,14). The molecule has 0 saturated heterocycles. The SMILES string of the molecule is CC(C)C(CO)Nc1nc2ccccn2n1. The quantitative estimate of drug-likeness (QED) is 0.811. The van der Waals surface area contributed by atoms with Crippen LogP contribution in [-0.4, -0.2) is 32.4 Å². The minimum Gasteiger partial charge on any atom is -0.394 e. The van der Waals surface area contributed by atoms with Gasteiger partial charge in [0.1, 0.15) is 0 Å². The lowest BCUT2D eigenvalue weighted by Gasteiger charge is -2.18. The van der Waals surface area contributed by atoms with Crippen LogP contribution in [0.15, 0.2) is 24.4 Å². The number of nitrogens with one attached hydrogen (secondary N) is 1. The Balaban J connectivity index is 2.20. The molecule has 0 aliphatic heterocycles. The van der Waals surface area contributed by atoms with E-state index < -0.39 is 0 Å². The lowest BCUT2D eigenvalue weighted by atomic mass is 10.1. The zero-order valence-corrected chi connectivity index (χ0v) is 9.46. The van der Waals surface area contributed by atoms with Crippen molar-refractivity contribution in [2.45, 2.75) is 19.9 Å². The average Bonchev–Trinajstić information content (AvgIpc) is 2.67. The molecule has 0 amide bonds. The van der Waals surface area contributed by atoms with E-state index in [0.29, 0.717) is 11.9 Å². The molecule has 0 bridgehead atoms. The monoisotopic (exact) mass is 220 g/mol. The van der Waals surface area contributed by atoms with Gasteiger partial charge in [0.05, 0.1) is 12.6 Å². The first-order valence-electron chi connectivity index (χ1n) is 5.39. The number of aliphatic hydroxyl groups excluding tert-OH is 1. The van der Waals surface area contributed by atoms with Crippen molar-refractivity contribution in [3.8, 4) is 0 Å². The third kappa shape index (κ3) is 2.14. The molecule has 2 aromatic rings. The van der Waals surface area contributed by atoms with Crippen LogP contribution in [-0.2, 0) is 0 Å². The molecule has 0 aliphatic carbocycles. The van der Waals surface area contributed by atoms with Crippen LogP contribution >= 0.6 is 0 Å². The number of hydrogen-bond donors (Lipinski definition) is 2. The van der Waals surface area contributed by atoms with Gasteiger partial charge in [-0.15, -0.1) is 5.10 Å². The van der Waals surface area contributed by atoms with E-state index >= 15 is 0 Å². The predicted molar refractivity (Wildman–Crippen MR) is 62.3 cm³/mol. The summed E-state index contributed by atoms with van der Waals surface area (Å²) in [6, 6.07) is 5.69. The topological polar surface area (TPSA) is 62.5 Å². The van der Waals surface area contributed by atoms with Crippen LogP contribution in [0.25, 0.3) is 5.65 Å². The molecule has 1 atom stereocenters. The van der Waals surface area contributed by atoms with Crippen molar-refractivity contribution in [3.05, 3.63) is 24.4 Å². The van der Waals surface area contributed by atoms with Gasteiger partial charge in [-0.05, 0) is 18.1 Å². The summed E-state index contributed by atoms with van der Waals surface area (Å²) in [7, 11) is 0. The van der Waals surface area contributed by atoms with Crippen LogP contribution in [0.3, 0.4) is 0 Å². The maximum atomic E-state index is 9.21. The lowest BCUT2D eigenvalue weighted by molar-refractivity contribution is 0.248. The summed E-state index contributed by atoms with van der Waals surface area (Å²) in [4.78, 5) is 4.31. The molecule has 0 radical (unpaired) electrons. The molecular weight excluding hydrogens is 204 g/mol. The maximum Gasteiger partial charge on any atom is 0.243 e. The Morgan fingerprint density at radius 1 is 1.44 bits per heavy atom. The number of pyridine rings is 1. The smallest absolute Gasteiger partial charge is 0.243 e. The molecule has 5 nitrogen and oxygen atoms in total. The van der Waals surface area contributed by atoms with E-state index in [0.717, 1.165) is 5.65 Å². The highest BCUT2D eigenvalue weighted by atomic mass is 16.3. The molecule has 2 aromatic heterocycles. The van der Waals surface area contributed by atoms with Gasteiger partial charge >= 0.3 is 0 Å². The molecule has 16 heavy (non-hydrogen) atoms. The van der Waals surface area contributed by atoms with Gasteiger partial charge in [-0.1, -0.05) is 19.9 Å². The predicted octanol–water partition coefficient (Wildman–Crippen LogP) is 1.16. The number of aliphatic hydroxyl groups is 1. The zero-order chi connectivity index (χ0) is 11.5. The first-order valence-corrected chi connectivity index (χ1v) is 5.39. The Morgan fingerprint density at radius 2 is 2.25 bits per heavy atom. The molecule has 2 N–H and O–H groups in total. The van der Waals surface area contributed by atoms with Crippen molar-refractivity contribution in [2.75, 3.05) is 11.9 Å². The summed E-state index contributed by atoms with van der Waals surface area (Å²) in [5, 5.41) is 16.6.